The molecule has 0 nitrogen and oxygen atoms in total. The largest absolute Gasteiger partial charge is 0 e. The summed E-state index contributed by atoms with van der Waals surface area (Å²) in [5, 5.41) is 0. The molecule has 0 aliphatic heterocycles. The fourth-order valence-corrected chi connectivity index (χ4v) is 0. The zero-order valence-electron chi connectivity index (χ0n) is 38.5. The van der Waals surface area contributed by atoms with Gasteiger partial charge >= 0.3 is 0 Å². The van der Waals surface area contributed by atoms with Crippen LogP contribution in [0.15, 0.2) is 0 Å². The summed E-state index contributed by atoms with van der Waals surface area (Å²) in [5.74, 6) is 0. The summed E-state index contributed by atoms with van der Waals surface area (Å²) in [6.07, 6.45) is 0. The van der Waals surface area contributed by atoms with Crippen LogP contribution in [0, 0.1) is 0 Å². The first-order valence-corrected chi connectivity index (χ1v) is 0. The van der Waals surface area contributed by atoms with Crippen LogP contribution in [0.2, 0.25) is 0 Å². The first kappa shape index (κ1) is 987. The minimum atomic E-state index is 0. The van der Waals surface area contributed by atoms with E-state index >= 15 is 0 Å². The predicted octanol–water partition coefficient (Wildman–Crippen LogP) is -0.215. The maximum Gasteiger partial charge on any atom is 0 e. The van der Waals surface area contributed by atoms with Gasteiger partial charge in [0.1, 0.15) is 0 Å². The summed E-state index contributed by atoms with van der Waals surface area (Å²) in [7, 11) is 0. The van der Waals surface area contributed by atoms with Crippen LogP contribution in [-0.4, -0.2) is 0 Å². The molecule has 0 unspecified atom stereocenters. The van der Waals surface area contributed by atoms with Crippen molar-refractivity contribution in [3.8, 4) is 0 Å². The molecule has 0 N–H and O–H groups in total. The molecular formula is V86. The molecule has 0 spiro atoms. The van der Waals surface area contributed by atoms with E-state index in [0.29, 0.717) is 0 Å². The molecule has 0 bridgehead atoms. The van der Waals surface area contributed by atoms with E-state index < -0.39 is 0 Å². The molecule has 0 aliphatic carbocycles. The molecule has 0 amide bonds. The molecule has 0 heterocycles. The van der Waals surface area contributed by atoms with Gasteiger partial charge in [-0.05, 0) is 0 Å². The number of hydrogen-bond donors (Lipinski definition) is 0. The SMILES string of the molecule is [V].[V].[V].[V].[V].[V].[V].[V].[V].[V].[V].[V].[V].[V].[V].[V].[V].[V].[V].[V].[V].[V].[V].[V].[V].[V].[V].[V].[V].[V].[V].[V].[V].[V].[V].[V].[V].[V].[V].[V].[V].[V].[V].[V].[V].[V].[V].[V].[V].[V].[V].[V].[V].[V].[V].[V].[V].[V].[V].[V].[V].[V].[V].[V].[V].[V].[V].[V].[V].[V].[V].[V].[V].[V].[V].[V].[V].[V].[V].[V].[V].[V].[V].[V].[V].[V]. The van der Waals surface area contributed by atoms with E-state index in [0.717, 1.165) is 0 Å². The smallest absolute Gasteiger partial charge is 0 e. The third-order valence-electron chi connectivity index (χ3n) is 0. The van der Waals surface area contributed by atoms with Gasteiger partial charge in [0.05, 0.1) is 0 Å². The van der Waals surface area contributed by atoms with Crippen LogP contribution in [0.3, 0.4) is 0 Å². The molecular weight excluding hydrogens is 4380 g/mol. The number of hydrogen-bond acceptors (Lipinski definition) is 0. The van der Waals surface area contributed by atoms with Crippen LogP contribution in [-0.2, 0) is 1600 Å². The van der Waals surface area contributed by atoms with Crippen molar-refractivity contribution >= 4 is 0 Å². The van der Waals surface area contributed by atoms with Gasteiger partial charge in [0.25, 0.3) is 0 Å². The Hall–Kier alpha value is 50.3. The average Bonchev–Trinajstić information content (AvgIpc) is 0. The predicted molar refractivity (Wildman–Crippen MR) is 0 cm³/mol. The van der Waals surface area contributed by atoms with Crippen molar-refractivity contribution in [2.45, 2.75) is 0 Å². The Labute approximate surface area is 1550 Å². The summed E-state index contributed by atoms with van der Waals surface area (Å²) < 4.78 is 0. The molecule has 430 valence electrons. The third-order valence-corrected chi connectivity index (χ3v) is 0. The quantitative estimate of drug-likeness (QED) is 0.316. The minimum absolute atomic E-state index is 0. The fraction of sp³-hybridized carbons (Fsp3) is 0. The third kappa shape index (κ3) is 944. The van der Waals surface area contributed by atoms with Gasteiger partial charge in [-0.25, -0.2) is 0 Å². The molecule has 86 radical (unpaired) electrons. The molecule has 86 heteroatoms. The van der Waals surface area contributed by atoms with Crippen molar-refractivity contribution in [1.29, 1.82) is 0 Å². The molecule has 0 aromatic rings. The van der Waals surface area contributed by atoms with Crippen LogP contribution < -0.4 is 0 Å². The minimum Gasteiger partial charge on any atom is 0 e. The van der Waals surface area contributed by atoms with Crippen molar-refractivity contribution < 1.29 is 1600 Å². The molecule has 0 aromatic heterocycles. The summed E-state index contributed by atoms with van der Waals surface area (Å²) in [5.41, 5.74) is 0. The standard InChI is InChI=1S/86V. The van der Waals surface area contributed by atoms with Crippen molar-refractivity contribution in [2.24, 2.45) is 0 Å². The van der Waals surface area contributed by atoms with Crippen molar-refractivity contribution in [3.05, 3.63) is 0 Å². The molecule has 0 rings (SSSR count). The van der Waals surface area contributed by atoms with Gasteiger partial charge in [-0.3, -0.25) is 0 Å². The fourth-order valence-electron chi connectivity index (χ4n) is 0. The average molecular weight is 4380 g/mol. The van der Waals surface area contributed by atoms with E-state index in [-0.39, 0.29) is 1600 Å². The van der Waals surface area contributed by atoms with E-state index in [2.05, 4.69) is 0 Å². The van der Waals surface area contributed by atoms with E-state index in [4.69, 9.17) is 0 Å². The van der Waals surface area contributed by atoms with Crippen molar-refractivity contribution in [2.75, 3.05) is 0 Å². The normalized spacial score (nSPS) is 0. The second kappa shape index (κ2) is 965. The van der Waals surface area contributed by atoms with E-state index in [9.17, 15) is 0 Å². The van der Waals surface area contributed by atoms with Gasteiger partial charge in [0, 0.05) is 1600 Å². The molecule has 86 heavy (non-hydrogen) atoms. The van der Waals surface area contributed by atoms with Crippen molar-refractivity contribution in [1.82, 2.24) is 0 Å². The number of rotatable bonds is 0. The van der Waals surface area contributed by atoms with Crippen LogP contribution in [0.1, 0.15) is 0 Å². The molecule has 0 aliphatic rings. The van der Waals surface area contributed by atoms with Crippen molar-refractivity contribution in [3.63, 3.8) is 0 Å². The Kier molecular flexibility index (Phi) is 11100. The zero-order chi connectivity index (χ0) is 0. The summed E-state index contributed by atoms with van der Waals surface area (Å²) in [6.45, 7) is 0. The summed E-state index contributed by atoms with van der Waals surface area (Å²) in [6, 6.07) is 0. The Morgan fingerprint density at radius 2 is 0.0116 bits per heavy atom. The van der Waals surface area contributed by atoms with Gasteiger partial charge in [0.2, 0.25) is 0 Å². The topological polar surface area (TPSA) is 0 Å². The van der Waals surface area contributed by atoms with Crippen LogP contribution in [0.4, 0.5) is 0 Å². The van der Waals surface area contributed by atoms with E-state index in [1.807, 2.05) is 0 Å². The van der Waals surface area contributed by atoms with Gasteiger partial charge in [0.15, 0.2) is 0 Å². The second-order valence-electron chi connectivity index (χ2n) is 0. The molecule has 0 atom stereocenters. The van der Waals surface area contributed by atoms with Gasteiger partial charge in [-0.2, -0.15) is 0 Å². The molecule has 0 saturated carbocycles. The van der Waals surface area contributed by atoms with Crippen LogP contribution >= 0.6 is 0 Å². The maximum absolute atomic E-state index is 0. The van der Waals surface area contributed by atoms with E-state index in [1.165, 1.54) is 0 Å². The Morgan fingerprint density at radius 3 is 0.0116 bits per heavy atom. The molecule has 0 aromatic carbocycles. The van der Waals surface area contributed by atoms with Crippen LogP contribution in [0.5, 0.6) is 0 Å². The zero-order valence-corrected chi connectivity index (χ0v) is 159. The van der Waals surface area contributed by atoms with Crippen LogP contribution in [0.25, 0.3) is 0 Å². The Morgan fingerprint density at radius 1 is 0.0116 bits per heavy atom. The molecule has 0 fully saturated rings. The van der Waals surface area contributed by atoms with Gasteiger partial charge in [-0.15, -0.1) is 0 Å². The second-order valence-corrected chi connectivity index (χ2v) is 0. The summed E-state index contributed by atoms with van der Waals surface area (Å²) >= 11 is 0. The molecule has 0 saturated heterocycles. The monoisotopic (exact) mass is 4380 g/mol. The summed E-state index contributed by atoms with van der Waals surface area (Å²) in [4.78, 5) is 0. The Bertz CT molecular complexity index is 0. The first-order chi connectivity index (χ1) is 0. The van der Waals surface area contributed by atoms with E-state index in [1.54, 1.807) is 0 Å². The maximum atomic E-state index is 0. The van der Waals surface area contributed by atoms with Gasteiger partial charge < -0.3 is 0 Å². The van der Waals surface area contributed by atoms with Gasteiger partial charge in [-0.1, -0.05) is 0 Å². The Balaban J connectivity index is 0. The first-order valence-electron chi connectivity index (χ1n) is 0.